The summed E-state index contributed by atoms with van der Waals surface area (Å²) in [7, 11) is 0. The molecule has 2 heterocycles. The molecule has 1 aliphatic carbocycles. The molecule has 3 aromatic carbocycles. The Morgan fingerprint density at radius 1 is 1.00 bits per heavy atom. The van der Waals surface area contributed by atoms with E-state index in [1.54, 1.807) is 6.08 Å². The van der Waals surface area contributed by atoms with E-state index in [4.69, 9.17) is 5.11 Å². The van der Waals surface area contributed by atoms with Gasteiger partial charge in [-0.3, -0.25) is 4.68 Å². The zero-order chi connectivity index (χ0) is 26.2. The Hall–Kier alpha value is -4.12. The zero-order valence-corrected chi connectivity index (χ0v) is 21.9. The van der Waals surface area contributed by atoms with Gasteiger partial charge in [0.05, 0.1) is 12.2 Å². The average molecular weight is 504 g/mol. The van der Waals surface area contributed by atoms with Gasteiger partial charge in [0, 0.05) is 36.1 Å². The van der Waals surface area contributed by atoms with Crippen molar-refractivity contribution in [2.24, 2.45) is 0 Å². The van der Waals surface area contributed by atoms with Crippen LogP contribution in [-0.2, 0) is 17.8 Å². The van der Waals surface area contributed by atoms with Crippen LogP contribution in [0.25, 0.3) is 17.2 Å². The van der Waals surface area contributed by atoms with Crippen LogP contribution in [0.15, 0.2) is 85.2 Å². The normalized spacial score (nSPS) is 19.1. The lowest BCUT2D eigenvalue weighted by Crippen LogP contribution is -2.42. The van der Waals surface area contributed by atoms with Crippen LogP contribution in [-0.4, -0.2) is 26.9 Å². The minimum Gasteiger partial charge on any atom is -0.478 e. The third kappa shape index (κ3) is 4.76. The second-order valence-corrected chi connectivity index (χ2v) is 10.6. The van der Waals surface area contributed by atoms with E-state index in [1.165, 1.54) is 52.4 Å². The molecule has 5 heteroatoms. The Bertz CT molecular complexity index is 1480. The number of benzene rings is 3. The van der Waals surface area contributed by atoms with E-state index in [0.717, 1.165) is 30.0 Å². The maximum Gasteiger partial charge on any atom is 0.328 e. The number of aromatic nitrogens is 2. The standard InChI is InChI=1S/C33H33N3O2/c1-3-35-21-29(20-34-35)27-13-16-31-28(19-27)18-22(2)36(30-14-11-25(12-15-30)24-9-10-24)33(31)26-7-4-23(5-8-26)6-17-32(37)38/h4-8,11-17,19-22,24,33H,3,9-10,18H2,1-2H3,(H,37,38)/b17-6+. The van der Waals surface area contributed by atoms with Gasteiger partial charge < -0.3 is 10.0 Å². The van der Waals surface area contributed by atoms with Crippen molar-refractivity contribution < 1.29 is 9.90 Å². The number of rotatable bonds is 7. The molecule has 1 saturated carbocycles. The Balaban J connectivity index is 1.41. The minimum atomic E-state index is -0.940. The number of anilines is 1. The van der Waals surface area contributed by atoms with Crippen LogP contribution in [0.2, 0.25) is 0 Å². The molecule has 1 N–H and O–H groups in total. The first-order chi connectivity index (χ1) is 18.5. The second-order valence-electron chi connectivity index (χ2n) is 10.6. The molecule has 0 saturated heterocycles. The van der Waals surface area contributed by atoms with Gasteiger partial charge in [-0.05, 0) is 90.6 Å². The molecule has 192 valence electrons. The van der Waals surface area contributed by atoms with E-state index in [2.05, 4.69) is 84.6 Å². The number of fused-ring (bicyclic) bond motifs is 1. The highest BCUT2D eigenvalue weighted by Crippen LogP contribution is 2.44. The van der Waals surface area contributed by atoms with Crippen molar-refractivity contribution in [1.82, 2.24) is 9.78 Å². The molecule has 2 atom stereocenters. The van der Waals surface area contributed by atoms with Crippen LogP contribution in [0.3, 0.4) is 0 Å². The fourth-order valence-corrected chi connectivity index (χ4v) is 5.77. The van der Waals surface area contributed by atoms with Crippen molar-refractivity contribution in [3.8, 4) is 11.1 Å². The highest BCUT2D eigenvalue weighted by molar-refractivity contribution is 5.85. The largest absolute Gasteiger partial charge is 0.478 e. The summed E-state index contributed by atoms with van der Waals surface area (Å²) < 4.78 is 1.97. The predicted octanol–water partition coefficient (Wildman–Crippen LogP) is 7.09. The fraction of sp³-hybridized carbons (Fsp3) is 0.273. The average Bonchev–Trinajstić information content (AvgIpc) is 3.67. The van der Waals surface area contributed by atoms with E-state index in [0.29, 0.717) is 6.04 Å². The Morgan fingerprint density at radius 3 is 2.39 bits per heavy atom. The first-order valence-electron chi connectivity index (χ1n) is 13.5. The van der Waals surface area contributed by atoms with Crippen molar-refractivity contribution in [3.05, 3.63) is 113 Å². The number of nitrogens with zero attached hydrogens (tertiary/aromatic N) is 3. The predicted molar refractivity (Wildman–Crippen MR) is 152 cm³/mol. The number of aliphatic carboxylic acids is 1. The van der Waals surface area contributed by atoms with Gasteiger partial charge in [-0.15, -0.1) is 0 Å². The number of aryl methyl sites for hydroxylation is 1. The summed E-state index contributed by atoms with van der Waals surface area (Å²) in [5.74, 6) is -0.202. The third-order valence-corrected chi connectivity index (χ3v) is 7.91. The van der Waals surface area contributed by atoms with E-state index in [9.17, 15) is 4.79 Å². The molecule has 0 radical (unpaired) electrons. The molecule has 1 aliphatic heterocycles. The van der Waals surface area contributed by atoms with Gasteiger partial charge in [0.1, 0.15) is 0 Å². The maximum atomic E-state index is 11.0. The third-order valence-electron chi connectivity index (χ3n) is 7.91. The van der Waals surface area contributed by atoms with E-state index < -0.39 is 5.97 Å². The number of carbonyl (C=O) groups is 1. The Morgan fingerprint density at radius 2 is 1.74 bits per heavy atom. The molecular weight excluding hydrogens is 470 g/mol. The molecule has 0 amide bonds. The van der Waals surface area contributed by atoms with Crippen LogP contribution in [0.4, 0.5) is 5.69 Å². The van der Waals surface area contributed by atoms with Gasteiger partial charge in [0.15, 0.2) is 0 Å². The van der Waals surface area contributed by atoms with E-state index in [-0.39, 0.29) is 6.04 Å². The van der Waals surface area contributed by atoms with Gasteiger partial charge in [0.25, 0.3) is 0 Å². The van der Waals surface area contributed by atoms with Crippen molar-refractivity contribution in [2.45, 2.75) is 57.7 Å². The maximum absolute atomic E-state index is 11.0. The number of carboxylic acids is 1. The van der Waals surface area contributed by atoms with Crippen molar-refractivity contribution >= 4 is 17.7 Å². The molecule has 5 nitrogen and oxygen atoms in total. The summed E-state index contributed by atoms with van der Waals surface area (Å²) in [6.07, 6.45) is 10.5. The van der Waals surface area contributed by atoms with Gasteiger partial charge in [-0.2, -0.15) is 5.10 Å². The molecule has 1 aromatic heterocycles. The molecule has 38 heavy (non-hydrogen) atoms. The minimum absolute atomic E-state index is 0.0606. The summed E-state index contributed by atoms with van der Waals surface area (Å²) in [6.45, 7) is 5.27. The SMILES string of the molecule is CCn1cc(-c2ccc3c(c2)CC(C)N(c2ccc(C4CC4)cc2)C3c2ccc(/C=C/C(=O)O)cc2)cn1. The van der Waals surface area contributed by atoms with Gasteiger partial charge in [0.2, 0.25) is 0 Å². The van der Waals surface area contributed by atoms with E-state index in [1.807, 2.05) is 23.0 Å². The fourth-order valence-electron chi connectivity index (χ4n) is 5.77. The zero-order valence-electron chi connectivity index (χ0n) is 21.9. The Kier molecular flexibility index (Phi) is 6.36. The number of carboxylic acid groups (broad SMARTS) is 1. The first kappa shape index (κ1) is 24.2. The summed E-state index contributed by atoms with van der Waals surface area (Å²) >= 11 is 0. The quantitative estimate of drug-likeness (QED) is 0.274. The molecule has 6 rings (SSSR count). The van der Waals surface area contributed by atoms with Crippen LogP contribution < -0.4 is 4.90 Å². The molecular formula is C33H33N3O2. The topological polar surface area (TPSA) is 58.4 Å². The summed E-state index contributed by atoms with van der Waals surface area (Å²) in [5.41, 5.74) is 9.78. The molecule has 2 unspecified atom stereocenters. The van der Waals surface area contributed by atoms with Gasteiger partial charge in [-0.25, -0.2) is 4.79 Å². The van der Waals surface area contributed by atoms with Crippen molar-refractivity contribution in [3.63, 3.8) is 0 Å². The van der Waals surface area contributed by atoms with Crippen LogP contribution in [0, 0.1) is 0 Å². The Labute approximate surface area is 224 Å². The molecule has 4 aromatic rings. The molecule has 1 fully saturated rings. The van der Waals surface area contributed by atoms with Crippen LogP contribution >= 0.6 is 0 Å². The lowest BCUT2D eigenvalue weighted by Gasteiger charge is -2.44. The van der Waals surface area contributed by atoms with Crippen LogP contribution in [0.1, 0.15) is 66.5 Å². The lowest BCUT2D eigenvalue weighted by molar-refractivity contribution is -0.131. The second kappa shape index (κ2) is 9.97. The van der Waals surface area contributed by atoms with Gasteiger partial charge in [-0.1, -0.05) is 54.6 Å². The highest BCUT2D eigenvalue weighted by atomic mass is 16.4. The first-order valence-corrected chi connectivity index (χ1v) is 13.5. The van der Waals surface area contributed by atoms with Gasteiger partial charge >= 0.3 is 5.97 Å². The monoisotopic (exact) mass is 503 g/mol. The lowest BCUT2D eigenvalue weighted by atomic mass is 9.83. The molecule has 2 aliphatic rings. The number of hydrogen-bond acceptors (Lipinski definition) is 3. The number of hydrogen-bond donors (Lipinski definition) is 1. The summed E-state index contributed by atoms with van der Waals surface area (Å²) in [4.78, 5) is 13.5. The van der Waals surface area contributed by atoms with Crippen molar-refractivity contribution in [1.29, 1.82) is 0 Å². The highest BCUT2D eigenvalue weighted by Gasteiger charge is 2.34. The molecule has 0 spiro atoms. The smallest absolute Gasteiger partial charge is 0.328 e. The van der Waals surface area contributed by atoms with Crippen molar-refractivity contribution in [2.75, 3.05) is 4.90 Å². The summed E-state index contributed by atoms with van der Waals surface area (Å²) in [6, 6.07) is 24.7. The van der Waals surface area contributed by atoms with E-state index >= 15 is 0 Å². The van der Waals surface area contributed by atoms with Crippen LogP contribution in [0.5, 0.6) is 0 Å². The molecule has 0 bridgehead atoms. The summed E-state index contributed by atoms with van der Waals surface area (Å²) in [5, 5.41) is 13.5.